The lowest BCUT2D eigenvalue weighted by atomic mass is 10.2. The summed E-state index contributed by atoms with van der Waals surface area (Å²) in [4.78, 5) is 2.36. The Kier molecular flexibility index (Phi) is 3.71. The SMILES string of the molecule is CCC(O)C[N+]1(C)CCN(C)CC1. The molecule has 3 nitrogen and oxygen atoms in total. The molecule has 0 aliphatic carbocycles. The molecule has 1 fully saturated rings. The number of aliphatic hydroxyl groups excluding tert-OH is 1. The van der Waals surface area contributed by atoms with Crippen molar-refractivity contribution >= 4 is 0 Å². The molecule has 0 aromatic carbocycles. The van der Waals surface area contributed by atoms with Gasteiger partial charge in [0.1, 0.15) is 12.6 Å². The molecule has 0 radical (unpaired) electrons. The minimum atomic E-state index is -0.117. The van der Waals surface area contributed by atoms with Crippen LogP contribution in [0.2, 0.25) is 0 Å². The average molecular weight is 187 g/mol. The second-order valence-electron chi connectivity index (χ2n) is 4.61. The fourth-order valence-corrected chi connectivity index (χ4v) is 1.87. The van der Waals surface area contributed by atoms with Crippen molar-refractivity contribution in [3.8, 4) is 0 Å². The van der Waals surface area contributed by atoms with Crippen LogP contribution in [-0.4, -0.2) is 67.4 Å². The fraction of sp³-hybridized carbons (Fsp3) is 1.00. The Labute approximate surface area is 81.5 Å². The third kappa shape index (κ3) is 3.25. The molecule has 1 aliphatic rings. The van der Waals surface area contributed by atoms with Crippen LogP contribution in [0.5, 0.6) is 0 Å². The topological polar surface area (TPSA) is 23.5 Å². The molecule has 1 atom stereocenters. The van der Waals surface area contributed by atoms with Crippen LogP contribution in [0, 0.1) is 0 Å². The summed E-state index contributed by atoms with van der Waals surface area (Å²) in [5.41, 5.74) is 0. The van der Waals surface area contributed by atoms with Gasteiger partial charge < -0.3 is 9.59 Å². The Hall–Kier alpha value is -0.120. The molecule has 1 saturated heterocycles. The highest BCUT2D eigenvalue weighted by atomic mass is 16.3. The average Bonchev–Trinajstić information content (AvgIpc) is 2.10. The molecule has 0 saturated carbocycles. The van der Waals surface area contributed by atoms with Crippen LogP contribution in [0.3, 0.4) is 0 Å². The quantitative estimate of drug-likeness (QED) is 0.636. The van der Waals surface area contributed by atoms with Crippen molar-refractivity contribution in [1.82, 2.24) is 4.90 Å². The normalized spacial score (nSPS) is 25.8. The lowest BCUT2D eigenvalue weighted by Crippen LogP contribution is -2.58. The molecule has 3 heteroatoms. The van der Waals surface area contributed by atoms with E-state index in [0.717, 1.165) is 30.5 Å². The first-order chi connectivity index (χ1) is 6.06. The van der Waals surface area contributed by atoms with E-state index in [9.17, 15) is 5.11 Å². The lowest BCUT2D eigenvalue weighted by Gasteiger charge is -2.41. The highest BCUT2D eigenvalue weighted by molar-refractivity contribution is 4.60. The van der Waals surface area contributed by atoms with Crippen LogP contribution in [0.4, 0.5) is 0 Å². The highest BCUT2D eigenvalue weighted by Gasteiger charge is 2.28. The van der Waals surface area contributed by atoms with Gasteiger partial charge in [0.2, 0.25) is 0 Å². The highest BCUT2D eigenvalue weighted by Crippen LogP contribution is 2.10. The number of likely N-dealkylation sites (N-methyl/N-ethyl adjacent to an activating group) is 2. The van der Waals surface area contributed by atoms with Crippen molar-refractivity contribution in [1.29, 1.82) is 0 Å². The molecule has 1 rings (SSSR count). The van der Waals surface area contributed by atoms with Crippen molar-refractivity contribution in [3.63, 3.8) is 0 Å². The van der Waals surface area contributed by atoms with Crippen LogP contribution >= 0.6 is 0 Å². The van der Waals surface area contributed by atoms with E-state index in [0.29, 0.717) is 0 Å². The van der Waals surface area contributed by atoms with E-state index in [4.69, 9.17) is 0 Å². The van der Waals surface area contributed by atoms with Gasteiger partial charge in [-0.3, -0.25) is 4.90 Å². The second-order valence-corrected chi connectivity index (χ2v) is 4.61. The minimum Gasteiger partial charge on any atom is -0.387 e. The van der Waals surface area contributed by atoms with Gasteiger partial charge >= 0.3 is 0 Å². The second kappa shape index (κ2) is 4.40. The van der Waals surface area contributed by atoms with Crippen molar-refractivity contribution in [2.75, 3.05) is 46.8 Å². The monoisotopic (exact) mass is 187 g/mol. The van der Waals surface area contributed by atoms with Gasteiger partial charge in [0, 0.05) is 13.1 Å². The largest absolute Gasteiger partial charge is 0.387 e. The van der Waals surface area contributed by atoms with E-state index in [-0.39, 0.29) is 6.10 Å². The molecule has 0 bridgehead atoms. The Morgan fingerprint density at radius 3 is 2.38 bits per heavy atom. The number of hydrogen-bond acceptors (Lipinski definition) is 2. The van der Waals surface area contributed by atoms with Crippen LogP contribution in [0.25, 0.3) is 0 Å². The molecular weight excluding hydrogens is 164 g/mol. The van der Waals surface area contributed by atoms with Gasteiger partial charge in [-0.15, -0.1) is 0 Å². The number of quaternary nitrogens is 1. The number of piperazine rings is 1. The van der Waals surface area contributed by atoms with Crippen molar-refractivity contribution < 1.29 is 9.59 Å². The molecule has 1 heterocycles. The Morgan fingerprint density at radius 1 is 1.38 bits per heavy atom. The zero-order chi connectivity index (χ0) is 9.90. The van der Waals surface area contributed by atoms with Gasteiger partial charge in [-0.05, 0) is 13.5 Å². The zero-order valence-corrected chi connectivity index (χ0v) is 9.16. The maximum atomic E-state index is 9.61. The van der Waals surface area contributed by atoms with Crippen LogP contribution in [0.1, 0.15) is 13.3 Å². The molecule has 1 aliphatic heterocycles. The predicted octanol–water partition coefficient (Wildman–Crippen LogP) is 0.149. The number of hydrogen-bond donors (Lipinski definition) is 1. The van der Waals surface area contributed by atoms with Crippen molar-refractivity contribution in [2.24, 2.45) is 0 Å². The standard InChI is InChI=1S/C10H23N2O/c1-4-10(13)9-12(3)7-5-11(2)6-8-12/h10,13H,4-9H2,1-3H3/q+1. The molecule has 78 valence electrons. The van der Waals surface area contributed by atoms with Gasteiger partial charge in [-0.25, -0.2) is 0 Å². The summed E-state index contributed by atoms with van der Waals surface area (Å²) in [6, 6.07) is 0. The zero-order valence-electron chi connectivity index (χ0n) is 9.16. The molecule has 0 aromatic heterocycles. The fourth-order valence-electron chi connectivity index (χ4n) is 1.87. The molecule has 13 heavy (non-hydrogen) atoms. The summed E-state index contributed by atoms with van der Waals surface area (Å²) < 4.78 is 1.04. The van der Waals surface area contributed by atoms with Gasteiger partial charge in [-0.1, -0.05) is 6.92 Å². The van der Waals surface area contributed by atoms with Gasteiger partial charge in [-0.2, -0.15) is 0 Å². The number of aliphatic hydroxyl groups is 1. The first-order valence-corrected chi connectivity index (χ1v) is 5.26. The first-order valence-electron chi connectivity index (χ1n) is 5.26. The number of nitrogens with zero attached hydrogens (tertiary/aromatic N) is 2. The van der Waals surface area contributed by atoms with Crippen molar-refractivity contribution in [3.05, 3.63) is 0 Å². The predicted molar refractivity (Wildman–Crippen MR) is 54.6 cm³/mol. The molecule has 1 N–H and O–H groups in total. The van der Waals surface area contributed by atoms with Gasteiger partial charge in [0.05, 0.1) is 20.1 Å². The summed E-state index contributed by atoms with van der Waals surface area (Å²) in [5.74, 6) is 0. The van der Waals surface area contributed by atoms with E-state index in [2.05, 4.69) is 19.0 Å². The smallest absolute Gasteiger partial charge is 0.105 e. The Balaban J connectivity index is 2.38. The van der Waals surface area contributed by atoms with E-state index < -0.39 is 0 Å². The molecule has 0 amide bonds. The van der Waals surface area contributed by atoms with Crippen LogP contribution in [-0.2, 0) is 0 Å². The summed E-state index contributed by atoms with van der Waals surface area (Å²) in [6.07, 6.45) is 0.761. The third-order valence-electron chi connectivity index (χ3n) is 3.17. The van der Waals surface area contributed by atoms with Gasteiger partial charge in [0.15, 0.2) is 0 Å². The maximum Gasteiger partial charge on any atom is 0.105 e. The van der Waals surface area contributed by atoms with E-state index in [1.54, 1.807) is 0 Å². The van der Waals surface area contributed by atoms with Crippen LogP contribution in [0.15, 0.2) is 0 Å². The lowest BCUT2D eigenvalue weighted by molar-refractivity contribution is -0.916. The van der Waals surface area contributed by atoms with E-state index >= 15 is 0 Å². The Bertz CT molecular complexity index is 153. The van der Waals surface area contributed by atoms with E-state index in [1.807, 2.05) is 6.92 Å². The summed E-state index contributed by atoms with van der Waals surface area (Å²) >= 11 is 0. The summed E-state index contributed by atoms with van der Waals surface area (Å²) in [7, 11) is 4.42. The summed E-state index contributed by atoms with van der Waals surface area (Å²) in [6.45, 7) is 7.64. The molecule has 0 aromatic rings. The first kappa shape index (κ1) is 11.0. The maximum absolute atomic E-state index is 9.61. The van der Waals surface area contributed by atoms with Crippen LogP contribution < -0.4 is 0 Å². The van der Waals surface area contributed by atoms with Gasteiger partial charge in [0.25, 0.3) is 0 Å². The summed E-state index contributed by atoms with van der Waals surface area (Å²) in [5, 5.41) is 9.61. The molecule has 1 unspecified atom stereocenters. The number of rotatable bonds is 3. The molecule has 0 spiro atoms. The Morgan fingerprint density at radius 2 is 1.92 bits per heavy atom. The minimum absolute atomic E-state index is 0.117. The third-order valence-corrected chi connectivity index (χ3v) is 3.17. The molecular formula is C10H23N2O+. The van der Waals surface area contributed by atoms with E-state index in [1.165, 1.54) is 13.1 Å². The van der Waals surface area contributed by atoms with Crippen molar-refractivity contribution in [2.45, 2.75) is 19.4 Å².